The third-order valence-corrected chi connectivity index (χ3v) is 2.43. The quantitative estimate of drug-likeness (QED) is 0.881. The Bertz CT molecular complexity index is 509. The molecule has 1 aromatic heterocycles. The van der Waals surface area contributed by atoms with Crippen molar-refractivity contribution >= 4 is 5.69 Å². The Labute approximate surface area is 98.3 Å². The molecule has 0 unspecified atom stereocenters. The summed E-state index contributed by atoms with van der Waals surface area (Å²) >= 11 is 0. The Morgan fingerprint density at radius 1 is 1.18 bits per heavy atom. The lowest BCUT2D eigenvalue weighted by molar-refractivity contribution is 0.500. The second kappa shape index (κ2) is 4.91. The van der Waals surface area contributed by atoms with Crippen LogP contribution in [0.1, 0.15) is 11.3 Å². The maximum Gasteiger partial charge on any atom is 0.163 e. The summed E-state index contributed by atoms with van der Waals surface area (Å²) in [5.41, 5.74) is 1.98. The molecule has 0 bridgehead atoms. The highest BCUT2D eigenvalue weighted by Gasteiger charge is 2.06. The third-order valence-electron chi connectivity index (χ3n) is 2.43. The second-order valence-corrected chi connectivity index (χ2v) is 3.75. The number of aromatic nitrogens is 1. The lowest BCUT2D eigenvalue weighted by Crippen LogP contribution is -2.03. The Kier molecular flexibility index (Phi) is 3.32. The number of aryl methyl sites for hydroxylation is 1. The van der Waals surface area contributed by atoms with Crippen molar-refractivity contribution in [1.82, 2.24) is 4.98 Å². The third kappa shape index (κ3) is 2.78. The largest absolute Gasteiger partial charge is 0.380 e. The molecule has 0 amide bonds. The standard InChI is InChI=1S/C13H12F2N2/c1-9-5-6-11(8-16-9)17-7-10-3-2-4-12(14)13(10)15/h2-6,8,17H,7H2,1H3. The van der Waals surface area contributed by atoms with Crippen molar-refractivity contribution in [3.8, 4) is 0 Å². The fourth-order valence-electron chi connectivity index (χ4n) is 1.45. The van der Waals surface area contributed by atoms with Crippen molar-refractivity contribution < 1.29 is 8.78 Å². The summed E-state index contributed by atoms with van der Waals surface area (Å²) < 4.78 is 26.3. The SMILES string of the molecule is Cc1ccc(NCc2cccc(F)c2F)cn1. The van der Waals surface area contributed by atoms with Crippen LogP contribution in [0, 0.1) is 18.6 Å². The van der Waals surface area contributed by atoms with Gasteiger partial charge in [-0.1, -0.05) is 12.1 Å². The molecule has 0 saturated heterocycles. The van der Waals surface area contributed by atoms with E-state index in [4.69, 9.17) is 0 Å². The first kappa shape index (κ1) is 11.5. The van der Waals surface area contributed by atoms with Gasteiger partial charge in [-0.2, -0.15) is 0 Å². The molecule has 2 aromatic rings. The summed E-state index contributed by atoms with van der Waals surface area (Å²) in [4.78, 5) is 4.10. The number of pyridine rings is 1. The van der Waals surface area contributed by atoms with Gasteiger partial charge >= 0.3 is 0 Å². The molecule has 4 heteroatoms. The fraction of sp³-hybridized carbons (Fsp3) is 0.154. The molecule has 0 radical (unpaired) electrons. The van der Waals surface area contributed by atoms with Gasteiger partial charge in [-0.15, -0.1) is 0 Å². The highest BCUT2D eigenvalue weighted by Crippen LogP contribution is 2.13. The van der Waals surface area contributed by atoms with Gasteiger partial charge in [-0.3, -0.25) is 4.98 Å². The lowest BCUT2D eigenvalue weighted by atomic mass is 10.2. The van der Waals surface area contributed by atoms with Gasteiger partial charge in [-0.05, 0) is 25.1 Å². The first-order valence-electron chi connectivity index (χ1n) is 5.26. The Morgan fingerprint density at radius 2 is 2.00 bits per heavy atom. The van der Waals surface area contributed by atoms with E-state index in [1.165, 1.54) is 6.07 Å². The summed E-state index contributed by atoms with van der Waals surface area (Å²) in [6.07, 6.45) is 1.66. The number of nitrogens with one attached hydrogen (secondary N) is 1. The van der Waals surface area contributed by atoms with Gasteiger partial charge in [0.1, 0.15) is 0 Å². The minimum absolute atomic E-state index is 0.230. The maximum absolute atomic E-state index is 13.3. The number of halogens is 2. The summed E-state index contributed by atoms with van der Waals surface area (Å²) in [5, 5.41) is 2.99. The predicted octanol–water partition coefficient (Wildman–Crippen LogP) is 3.28. The number of hydrogen-bond donors (Lipinski definition) is 1. The first-order chi connectivity index (χ1) is 8.16. The molecule has 2 nitrogen and oxygen atoms in total. The monoisotopic (exact) mass is 234 g/mol. The van der Waals surface area contributed by atoms with E-state index in [0.717, 1.165) is 17.4 Å². The molecule has 0 aliphatic heterocycles. The van der Waals surface area contributed by atoms with Crippen LogP contribution in [0.5, 0.6) is 0 Å². The lowest BCUT2D eigenvalue weighted by Gasteiger charge is -2.07. The van der Waals surface area contributed by atoms with E-state index in [1.807, 2.05) is 19.1 Å². The predicted molar refractivity (Wildman–Crippen MR) is 62.7 cm³/mol. The average Bonchev–Trinajstić information content (AvgIpc) is 2.33. The van der Waals surface area contributed by atoms with Crippen molar-refractivity contribution in [1.29, 1.82) is 0 Å². The number of anilines is 1. The van der Waals surface area contributed by atoms with Crippen LogP contribution in [-0.4, -0.2) is 4.98 Å². The zero-order valence-electron chi connectivity index (χ0n) is 9.37. The molecule has 2 rings (SSSR count). The first-order valence-corrected chi connectivity index (χ1v) is 5.26. The van der Waals surface area contributed by atoms with E-state index in [2.05, 4.69) is 10.3 Å². The molecular formula is C13H12F2N2. The van der Waals surface area contributed by atoms with Gasteiger partial charge in [0.15, 0.2) is 11.6 Å². The van der Waals surface area contributed by atoms with Crippen molar-refractivity contribution in [2.45, 2.75) is 13.5 Å². The van der Waals surface area contributed by atoms with Crippen molar-refractivity contribution in [3.05, 3.63) is 59.4 Å². The van der Waals surface area contributed by atoms with E-state index >= 15 is 0 Å². The van der Waals surface area contributed by atoms with E-state index < -0.39 is 11.6 Å². The zero-order chi connectivity index (χ0) is 12.3. The molecule has 0 fully saturated rings. The van der Waals surface area contributed by atoms with E-state index in [1.54, 1.807) is 12.3 Å². The normalized spacial score (nSPS) is 10.3. The van der Waals surface area contributed by atoms with Crippen LogP contribution in [0.3, 0.4) is 0 Å². The van der Waals surface area contributed by atoms with Crippen molar-refractivity contribution in [2.24, 2.45) is 0 Å². The van der Waals surface area contributed by atoms with Crippen LogP contribution < -0.4 is 5.32 Å². The second-order valence-electron chi connectivity index (χ2n) is 3.75. The van der Waals surface area contributed by atoms with Crippen molar-refractivity contribution in [3.63, 3.8) is 0 Å². The molecule has 1 N–H and O–H groups in total. The minimum Gasteiger partial charge on any atom is -0.380 e. The number of rotatable bonds is 3. The summed E-state index contributed by atoms with van der Waals surface area (Å²) in [6.45, 7) is 2.12. The minimum atomic E-state index is -0.827. The van der Waals surface area contributed by atoms with E-state index in [0.29, 0.717) is 5.56 Å². The zero-order valence-corrected chi connectivity index (χ0v) is 9.37. The Morgan fingerprint density at radius 3 is 2.71 bits per heavy atom. The van der Waals surface area contributed by atoms with Crippen molar-refractivity contribution in [2.75, 3.05) is 5.32 Å². The van der Waals surface area contributed by atoms with Crippen LogP contribution in [0.15, 0.2) is 36.5 Å². The summed E-state index contributed by atoms with van der Waals surface area (Å²) in [5.74, 6) is -1.63. The Balaban J connectivity index is 2.07. The van der Waals surface area contributed by atoms with E-state index in [9.17, 15) is 8.78 Å². The van der Waals surface area contributed by atoms with Crippen LogP contribution in [0.2, 0.25) is 0 Å². The van der Waals surface area contributed by atoms with Crippen LogP contribution in [0.4, 0.5) is 14.5 Å². The number of benzene rings is 1. The van der Waals surface area contributed by atoms with Gasteiger partial charge in [0.2, 0.25) is 0 Å². The molecule has 0 atom stereocenters. The van der Waals surface area contributed by atoms with Crippen LogP contribution >= 0.6 is 0 Å². The van der Waals surface area contributed by atoms with Crippen LogP contribution in [-0.2, 0) is 6.54 Å². The molecule has 0 saturated carbocycles. The Hall–Kier alpha value is -1.97. The maximum atomic E-state index is 13.3. The average molecular weight is 234 g/mol. The molecular weight excluding hydrogens is 222 g/mol. The molecule has 1 heterocycles. The van der Waals surface area contributed by atoms with Gasteiger partial charge in [0, 0.05) is 17.8 Å². The summed E-state index contributed by atoms with van der Waals surface area (Å²) in [6, 6.07) is 7.84. The molecule has 88 valence electrons. The summed E-state index contributed by atoms with van der Waals surface area (Å²) in [7, 11) is 0. The molecule has 0 spiro atoms. The van der Waals surface area contributed by atoms with E-state index in [-0.39, 0.29) is 6.54 Å². The number of nitrogens with zero attached hydrogens (tertiary/aromatic N) is 1. The fourth-order valence-corrected chi connectivity index (χ4v) is 1.45. The smallest absolute Gasteiger partial charge is 0.163 e. The van der Waals surface area contributed by atoms with Crippen LogP contribution in [0.25, 0.3) is 0 Å². The molecule has 0 aliphatic carbocycles. The van der Waals surface area contributed by atoms with Gasteiger partial charge in [-0.25, -0.2) is 8.78 Å². The number of hydrogen-bond acceptors (Lipinski definition) is 2. The van der Waals surface area contributed by atoms with Gasteiger partial charge in [0.05, 0.1) is 11.9 Å². The molecule has 17 heavy (non-hydrogen) atoms. The molecule has 0 aliphatic rings. The highest BCUT2D eigenvalue weighted by atomic mass is 19.2. The highest BCUT2D eigenvalue weighted by molar-refractivity contribution is 5.41. The molecule has 1 aromatic carbocycles. The van der Waals surface area contributed by atoms with Gasteiger partial charge in [0.25, 0.3) is 0 Å². The topological polar surface area (TPSA) is 24.9 Å². The van der Waals surface area contributed by atoms with Gasteiger partial charge < -0.3 is 5.32 Å².